The second-order valence-electron chi connectivity index (χ2n) is 8.46. The summed E-state index contributed by atoms with van der Waals surface area (Å²) in [4.78, 5) is 15.5. The van der Waals surface area contributed by atoms with Gasteiger partial charge in [-0.05, 0) is 61.6 Å². The second kappa shape index (κ2) is 10.1. The summed E-state index contributed by atoms with van der Waals surface area (Å²) >= 11 is 0. The largest absolute Gasteiger partial charge is 0.497 e. The number of carbonyl (C=O) groups excluding carboxylic acids is 1. The van der Waals surface area contributed by atoms with Gasteiger partial charge in [0, 0.05) is 25.7 Å². The van der Waals surface area contributed by atoms with Gasteiger partial charge < -0.3 is 19.7 Å². The van der Waals surface area contributed by atoms with Crippen LogP contribution < -0.4 is 14.8 Å². The van der Waals surface area contributed by atoms with Gasteiger partial charge in [-0.2, -0.15) is 0 Å². The SMILES string of the molecule is COc1ccc(OC2CCN(C3CCCC3)CC2)c(C(=O)NCc2ccc(F)cc2)c1. The Morgan fingerprint density at radius 3 is 2.45 bits per heavy atom. The maximum atomic E-state index is 13.1. The van der Waals surface area contributed by atoms with E-state index >= 15 is 0 Å². The quantitative estimate of drug-likeness (QED) is 0.706. The Bertz CT molecular complexity index is 873. The number of halogens is 1. The summed E-state index contributed by atoms with van der Waals surface area (Å²) in [5.74, 6) is 0.659. The minimum absolute atomic E-state index is 0.106. The van der Waals surface area contributed by atoms with Crippen molar-refractivity contribution in [2.75, 3.05) is 20.2 Å². The van der Waals surface area contributed by atoms with Crippen molar-refractivity contribution < 1.29 is 18.7 Å². The molecule has 6 heteroatoms. The number of rotatable bonds is 7. The normalized spacial score (nSPS) is 18.1. The van der Waals surface area contributed by atoms with Crippen LogP contribution in [0.25, 0.3) is 0 Å². The summed E-state index contributed by atoms with van der Waals surface area (Å²) in [7, 11) is 1.58. The number of ether oxygens (including phenoxy) is 2. The first-order valence-corrected chi connectivity index (χ1v) is 11.2. The van der Waals surface area contributed by atoms with Gasteiger partial charge in [0.25, 0.3) is 5.91 Å². The molecule has 0 spiro atoms. The molecule has 1 heterocycles. The van der Waals surface area contributed by atoms with E-state index in [1.807, 2.05) is 12.1 Å². The molecule has 0 radical (unpaired) electrons. The Labute approximate surface area is 183 Å². The first kappa shape index (κ1) is 21.6. The molecule has 1 N–H and O–H groups in total. The molecule has 166 valence electrons. The highest BCUT2D eigenvalue weighted by Gasteiger charge is 2.28. The number of nitrogens with one attached hydrogen (secondary N) is 1. The summed E-state index contributed by atoms with van der Waals surface area (Å²) in [6.45, 7) is 2.42. The van der Waals surface area contributed by atoms with Gasteiger partial charge in [-0.3, -0.25) is 4.79 Å². The van der Waals surface area contributed by atoms with Crippen molar-refractivity contribution in [3.63, 3.8) is 0 Å². The Kier molecular flexibility index (Phi) is 7.07. The van der Waals surface area contributed by atoms with Crippen molar-refractivity contribution in [3.05, 3.63) is 59.4 Å². The third-order valence-corrected chi connectivity index (χ3v) is 6.41. The van der Waals surface area contributed by atoms with Gasteiger partial charge >= 0.3 is 0 Å². The van der Waals surface area contributed by atoms with Crippen molar-refractivity contribution in [2.45, 2.75) is 57.2 Å². The number of hydrogen-bond acceptors (Lipinski definition) is 4. The first-order chi connectivity index (χ1) is 15.1. The van der Waals surface area contributed by atoms with E-state index in [4.69, 9.17) is 9.47 Å². The summed E-state index contributed by atoms with van der Waals surface area (Å²) in [6, 6.07) is 12.2. The third kappa shape index (κ3) is 5.56. The van der Waals surface area contributed by atoms with Crippen LogP contribution in [0.15, 0.2) is 42.5 Å². The van der Waals surface area contributed by atoms with Crippen LogP contribution in [0.4, 0.5) is 4.39 Å². The van der Waals surface area contributed by atoms with E-state index in [1.165, 1.54) is 37.8 Å². The molecule has 4 rings (SSSR count). The maximum Gasteiger partial charge on any atom is 0.255 e. The average Bonchev–Trinajstić information content (AvgIpc) is 3.34. The lowest BCUT2D eigenvalue weighted by atomic mass is 10.0. The van der Waals surface area contributed by atoms with Crippen LogP contribution >= 0.6 is 0 Å². The van der Waals surface area contributed by atoms with E-state index in [9.17, 15) is 9.18 Å². The van der Waals surface area contributed by atoms with Crippen molar-refractivity contribution in [3.8, 4) is 11.5 Å². The molecule has 31 heavy (non-hydrogen) atoms. The van der Waals surface area contributed by atoms with Crippen molar-refractivity contribution in [1.29, 1.82) is 0 Å². The van der Waals surface area contributed by atoms with Crippen LogP contribution in [0.3, 0.4) is 0 Å². The van der Waals surface area contributed by atoms with E-state index in [-0.39, 0.29) is 17.8 Å². The third-order valence-electron chi connectivity index (χ3n) is 6.41. The van der Waals surface area contributed by atoms with Crippen molar-refractivity contribution in [2.24, 2.45) is 0 Å². The van der Waals surface area contributed by atoms with E-state index in [0.29, 0.717) is 23.6 Å². The number of carbonyl (C=O) groups is 1. The van der Waals surface area contributed by atoms with E-state index < -0.39 is 0 Å². The Hall–Kier alpha value is -2.60. The zero-order valence-electron chi connectivity index (χ0n) is 18.1. The predicted molar refractivity (Wildman–Crippen MR) is 118 cm³/mol. The maximum absolute atomic E-state index is 13.1. The standard InChI is InChI=1S/C25H31FN2O3/c1-30-22-10-11-24(31-21-12-14-28(15-13-21)20-4-2-3-5-20)23(16-22)25(29)27-17-18-6-8-19(26)9-7-18/h6-11,16,20-21H,2-5,12-15,17H2,1H3,(H,27,29). The number of nitrogens with zero attached hydrogens (tertiary/aromatic N) is 1. The fourth-order valence-corrected chi connectivity index (χ4v) is 4.60. The number of piperidine rings is 1. The molecule has 2 fully saturated rings. The molecule has 0 bridgehead atoms. The highest BCUT2D eigenvalue weighted by molar-refractivity contribution is 5.97. The monoisotopic (exact) mass is 426 g/mol. The van der Waals surface area contributed by atoms with Gasteiger partial charge in [0.15, 0.2) is 0 Å². The van der Waals surface area contributed by atoms with Crippen LogP contribution in [-0.4, -0.2) is 43.2 Å². The number of benzene rings is 2. The summed E-state index contributed by atoms with van der Waals surface area (Å²) in [5.41, 5.74) is 1.29. The van der Waals surface area contributed by atoms with Crippen LogP contribution in [-0.2, 0) is 6.54 Å². The zero-order valence-corrected chi connectivity index (χ0v) is 18.1. The van der Waals surface area contributed by atoms with Gasteiger partial charge in [0.05, 0.1) is 12.7 Å². The fraction of sp³-hybridized carbons (Fsp3) is 0.480. The number of amides is 1. The summed E-state index contributed by atoms with van der Waals surface area (Å²) < 4.78 is 24.7. The number of hydrogen-bond donors (Lipinski definition) is 1. The van der Waals surface area contributed by atoms with E-state index in [1.54, 1.807) is 25.3 Å². The smallest absolute Gasteiger partial charge is 0.255 e. The summed E-state index contributed by atoms with van der Waals surface area (Å²) in [6.07, 6.45) is 7.39. The van der Waals surface area contributed by atoms with E-state index in [0.717, 1.165) is 37.5 Å². The van der Waals surface area contributed by atoms with Crippen LogP contribution in [0.2, 0.25) is 0 Å². The Morgan fingerprint density at radius 1 is 1.06 bits per heavy atom. The average molecular weight is 427 g/mol. The second-order valence-corrected chi connectivity index (χ2v) is 8.46. The van der Waals surface area contributed by atoms with Crippen LogP contribution in [0.5, 0.6) is 11.5 Å². The van der Waals surface area contributed by atoms with Crippen LogP contribution in [0.1, 0.15) is 54.4 Å². The minimum Gasteiger partial charge on any atom is -0.497 e. The molecule has 1 saturated heterocycles. The topological polar surface area (TPSA) is 50.8 Å². The molecule has 2 aromatic carbocycles. The molecule has 2 aliphatic rings. The number of methoxy groups -OCH3 is 1. The highest BCUT2D eigenvalue weighted by atomic mass is 19.1. The minimum atomic E-state index is -0.294. The van der Waals surface area contributed by atoms with Crippen LogP contribution in [0, 0.1) is 5.82 Å². The molecule has 2 aromatic rings. The van der Waals surface area contributed by atoms with Crippen molar-refractivity contribution >= 4 is 5.91 Å². The molecular weight excluding hydrogens is 395 g/mol. The molecule has 1 amide bonds. The Morgan fingerprint density at radius 2 is 1.77 bits per heavy atom. The first-order valence-electron chi connectivity index (χ1n) is 11.2. The molecule has 1 aliphatic carbocycles. The van der Waals surface area contributed by atoms with E-state index in [2.05, 4.69) is 10.2 Å². The predicted octanol–water partition coefficient (Wildman–Crippen LogP) is 4.55. The molecule has 5 nitrogen and oxygen atoms in total. The fourth-order valence-electron chi connectivity index (χ4n) is 4.60. The van der Waals surface area contributed by atoms with Gasteiger partial charge in [0.1, 0.15) is 23.4 Å². The molecule has 1 aliphatic heterocycles. The molecule has 0 atom stereocenters. The lowest BCUT2D eigenvalue weighted by Gasteiger charge is -2.36. The lowest BCUT2D eigenvalue weighted by molar-refractivity contribution is 0.0749. The van der Waals surface area contributed by atoms with Gasteiger partial charge in [-0.1, -0.05) is 25.0 Å². The van der Waals surface area contributed by atoms with Gasteiger partial charge in [0.2, 0.25) is 0 Å². The molecule has 0 aromatic heterocycles. The zero-order chi connectivity index (χ0) is 21.6. The van der Waals surface area contributed by atoms with Gasteiger partial charge in [-0.15, -0.1) is 0 Å². The lowest BCUT2D eigenvalue weighted by Crippen LogP contribution is -2.43. The molecular formula is C25H31FN2O3. The van der Waals surface area contributed by atoms with Crippen molar-refractivity contribution in [1.82, 2.24) is 10.2 Å². The molecule has 1 saturated carbocycles. The molecule has 0 unspecified atom stereocenters. The van der Waals surface area contributed by atoms with Gasteiger partial charge in [-0.25, -0.2) is 4.39 Å². The highest BCUT2D eigenvalue weighted by Crippen LogP contribution is 2.30. The Balaban J connectivity index is 1.39. The summed E-state index contributed by atoms with van der Waals surface area (Å²) in [5, 5.41) is 2.90. The number of likely N-dealkylation sites (tertiary alicyclic amines) is 1.